The van der Waals surface area contributed by atoms with Crippen molar-refractivity contribution in [3.8, 4) is 0 Å². The van der Waals surface area contributed by atoms with E-state index in [1.165, 1.54) is 12.1 Å². The topological polar surface area (TPSA) is 148 Å². The SMILES string of the molecule is Cc1ccc(S(=O)(=O)OC[C@H]2O[C@@H](n3ccc(=O)[nH]c3=O)[C@H](O)[C@@H]2O)cc1. The molecule has 0 saturated carbocycles. The van der Waals surface area contributed by atoms with Crippen molar-refractivity contribution in [1.82, 2.24) is 9.55 Å². The van der Waals surface area contributed by atoms with E-state index >= 15 is 0 Å². The predicted molar refractivity (Wildman–Crippen MR) is 91.6 cm³/mol. The highest BCUT2D eigenvalue weighted by molar-refractivity contribution is 7.86. The summed E-state index contributed by atoms with van der Waals surface area (Å²) < 4.78 is 35.6. The lowest BCUT2D eigenvalue weighted by Gasteiger charge is -2.16. The summed E-state index contributed by atoms with van der Waals surface area (Å²) in [5.74, 6) is 0. The molecule has 146 valence electrons. The first-order valence-corrected chi connectivity index (χ1v) is 9.39. The molecule has 2 aromatic rings. The molecular weight excluding hydrogens is 380 g/mol. The summed E-state index contributed by atoms with van der Waals surface area (Å²) >= 11 is 0. The second kappa shape index (κ2) is 7.37. The molecule has 0 radical (unpaired) electrons. The van der Waals surface area contributed by atoms with Gasteiger partial charge in [-0.25, -0.2) is 4.79 Å². The molecule has 10 nitrogen and oxygen atoms in total. The summed E-state index contributed by atoms with van der Waals surface area (Å²) in [6, 6.07) is 7.04. The van der Waals surface area contributed by atoms with Gasteiger partial charge in [-0.05, 0) is 19.1 Å². The van der Waals surface area contributed by atoms with Gasteiger partial charge in [-0.2, -0.15) is 8.42 Å². The van der Waals surface area contributed by atoms with E-state index in [9.17, 15) is 28.2 Å². The number of rotatable bonds is 5. The van der Waals surface area contributed by atoms with Crippen LogP contribution < -0.4 is 11.2 Å². The number of benzene rings is 1. The zero-order valence-corrected chi connectivity index (χ0v) is 15.0. The number of aryl methyl sites for hydroxylation is 1. The number of aromatic nitrogens is 2. The lowest BCUT2D eigenvalue weighted by Crippen LogP contribution is -2.37. The lowest BCUT2D eigenvalue weighted by molar-refractivity contribution is -0.0509. The normalized spacial score (nSPS) is 25.6. The van der Waals surface area contributed by atoms with E-state index in [1.807, 2.05) is 4.98 Å². The molecule has 2 heterocycles. The molecule has 11 heteroatoms. The Morgan fingerprint density at radius 3 is 2.44 bits per heavy atom. The average Bonchev–Trinajstić information content (AvgIpc) is 2.89. The molecule has 0 amide bonds. The number of aliphatic hydroxyl groups is 2. The van der Waals surface area contributed by atoms with E-state index in [0.29, 0.717) is 0 Å². The van der Waals surface area contributed by atoms with E-state index in [2.05, 4.69) is 0 Å². The van der Waals surface area contributed by atoms with Crippen molar-refractivity contribution in [1.29, 1.82) is 0 Å². The lowest BCUT2D eigenvalue weighted by atomic mass is 10.1. The van der Waals surface area contributed by atoms with Crippen molar-refractivity contribution in [3.63, 3.8) is 0 Å². The van der Waals surface area contributed by atoms with Crippen LogP contribution in [0.5, 0.6) is 0 Å². The summed E-state index contributed by atoms with van der Waals surface area (Å²) in [4.78, 5) is 24.9. The third kappa shape index (κ3) is 4.01. The molecule has 1 saturated heterocycles. The van der Waals surface area contributed by atoms with Gasteiger partial charge in [0.15, 0.2) is 6.23 Å². The molecular formula is C16H18N2O8S. The van der Waals surface area contributed by atoms with Crippen LogP contribution in [0.1, 0.15) is 11.8 Å². The Morgan fingerprint density at radius 2 is 1.81 bits per heavy atom. The average molecular weight is 398 g/mol. The first-order chi connectivity index (χ1) is 12.7. The minimum absolute atomic E-state index is 0.0606. The molecule has 3 rings (SSSR count). The van der Waals surface area contributed by atoms with Gasteiger partial charge in [-0.1, -0.05) is 17.7 Å². The summed E-state index contributed by atoms with van der Waals surface area (Å²) in [5.41, 5.74) is -0.596. The zero-order chi connectivity index (χ0) is 19.8. The van der Waals surface area contributed by atoms with E-state index < -0.39 is 52.5 Å². The van der Waals surface area contributed by atoms with Gasteiger partial charge in [0.25, 0.3) is 15.7 Å². The Hall–Kier alpha value is -2.31. The third-order valence-electron chi connectivity index (χ3n) is 4.16. The molecule has 0 bridgehead atoms. The maximum Gasteiger partial charge on any atom is 0.330 e. The number of hydrogen-bond acceptors (Lipinski definition) is 8. The Morgan fingerprint density at radius 1 is 1.15 bits per heavy atom. The van der Waals surface area contributed by atoms with E-state index in [1.54, 1.807) is 19.1 Å². The molecule has 1 aromatic heterocycles. The quantitative estimate of drug-likeness (QED) is 0.536. The number of nitrogens with one attached hydrogen (secondary N) is 1. The van der Waals surface area contributed by atoms with Gasteiger partial charge in [0.05, 0.1) is 11.5 Å². The van der Waals surface area contributed by atoms with Crippen molar-refractivity contribution in [2.75, 3.05) is 6.61 Å². The number of aliphatic hydroxyl groups excluding tert-OH is 2. The molecule has 4 atom stereocenters. The molecule has 0 unspecified atom stereocenters. The zero-order valence-electron chi connectivity index (χ0n) is 14.2. The van der Waals surface area contributed by atoms with Crippen LogP contribution in [0.25, 0.3) is 0 Å². The standard InChI is InChI=1S/C16H18N2O8S/c1-9-2-4-10(5-3-9)27(23,24)25-8-11-13(20)14(21)15(26-11)18-7-6-12(19)17-16(18)22/h2-7,11,13-15,20-21H,8H2,1H3,(H,17,19,22)/t11-,13-,14-,15-/m1/s1. The monoisotopic (exact) mass is 398 g/mol. The highest BCUT2D eigenvalue weighted by atomic mass is 32.2. The first-order valence-electron chi connectivity index (χ1n) is 7.98. The van der Waals surface area contributed by atoms with Gasteiger partial charge >= 0.3 is 5.69 Å². The van der Waals surface area contributed by atoms with Crippen LogP contribution in [0.2, 0.25) is 0 Å². The number of nitrogens with zero attached hydrogens (tertiary/aromatic N) is 1. The Kier molecular flexibility index (Phi) is 5.31. The number of ether oxygens (including phenoxy) is 1. The molecule has 3 N–H and O–H groups in total. The van der Waals surface area contributed by atoms with Gasteiger partial charge in [-0.15, -0.1) is 0 Å². The number of hydrogen-bond donors (Lipinski definition) is 3. The Bertz CT molecular complexity index is 1030. The van der Waals surface area contributed by atoms with Gasteiger partial charge in [-0.3, -0.25) is 18.5 Å². The van der Waals surface area contributed by atoms with Crippen molar-refractivity contribution in [2.24, 2.45) is 0 Å². The molecule has 27 heavy (non-hydrogen) atoms. The van der Waals surface area contributed by atoms with E-state index in [4.69, 9.17) is 8.92 Å². The summed E-state index contributed by atoms with van der Waals surface area (Å²) in [7, 11) is -4.09. The molecule has 1 aliphatic rings. The predicted octanol–water partition coefficient (Wildman–Crippen LogP) is -1.13. The van der Waals surface area contributed by atoms with Crippen molar-refractivity contribution in [2.45, 2.75) is 36.4 Å². The minimum Gasteiger partial charge on any atom is -0.387 e. The van der Waals surface area contributed by atoms with E-state index in [0.717, 1.165) is 22.4 Å². The van der Waals surface area contributed by atoms with Gasteiger partial charge in [0, 0.05) is 12.3 Å². The molecule has 0 aliphatic carbocycles. The van der Waals surface area contributed by atoms with E-state index in [-0.39, 0.29) is 4.90 Å². The highest BCUT2D eigenvalue weighted by Gasteiger charge is 2.44. The van der Waals surface area contributed by atoms with Crippen LogP contribution in [0.15, 0.2) is 51.0 Å². The minimum atomic E-state index is -4.09. The van der Waals surface area contributed by atoms with Crippen molar-refractivity contribution in [3.05, 3.63) is 62.9 Å². The fraction of sp³-hybridized carbons (Fsp3) is 0.375. The Labute approximate surface area is 153 Å². The highest BCUT2D eigenvalue weighted by Crippen LogP contribution is 2.29. The maximum absolute atomic E-state index is 12.2. The largest absolute Gasteiger partial charge is 0.387 e. The van der Waals surface area contributed by atoms with Crippen LogP contribution in [-0.4, -0.2) is 53.1 Å². The fourth-order valence-electron chi connectivity index (χ4n) is 2.65. The molecule has 1 aromatic carbocycles. The Balaban J connectivity index is 1.73. The van der Waals surface area contributed by atoms with Crippen LogP contribution >= 0.6 is 0 Å². The van der Waals surface area contributed by atoms with Crippen LogP contribution in [0.3, 0.4) is 0 Å². The van der Waals surface area contributed by atoms with Gasteiger partial charge in [0.1, 0.15) is 18.3 Å². The second-order valence-electron chi connectivity index (χ2n) is 6.12. The number of aromatic amines is 1. The molecule has 1 fully saturated rings. The maximum atomic E-state index is 12.2. The summed E-state index contributed by atoms with van der Waals surface area (Å²) in [5, 5.41) is 20.2. The van der Waals surface area contributed by atoms with Crippen molar-refractivity contribution >= 4 is 10.1 Å². The van der Waals surface area contributed by atoms with Gasteiger partial charge in [0.2, 0.25) is 0 Å². The third-order valence-corrected chi connectivity index (χ3v) is 5.46. The number of H-pyrrole nitrogens is 1. The first kappa shape index (κ1) is 19.5. The van der Waals surface area contributed by atoms with Gasteiger partial charge < -0.3 is 14.9 Å². The molecule has 1 aliphatic heterocycles. The smallest absolute Gasteiger partial charge is 0.330 e. The fourth-order valence-corrected chi connectivity index (χ4v) is 3.57. The summed E-state index contributed by atoms with van der Waals surface area (Å²) in [6.45, 7) is 1.24. The molecule has 0 spiro atoms. The van der Waals surface area contributed by atoms with Crippen molar-refractivity contribution < 1.29 is 27.6 Å². The summed E-state index contributed by atoms with van der Waals surface area (Å²) in [6.07, 6.45) is -4.43. The van der Waals surface area contributed by atoms with Crippen LogP contribution in [0, 0.1) is 6.92 Å². The van der Waals surface area contributed by atoms with Crippen LogP contribution in [0.4, 0.5) is 0 Å². The van der Waals surface area contributed by atoms with Crippen LogP contribution in [-0.2, 0) is 19.0 Å². The second-order valence-corrected chi connectivity index (χ2v) is 7.73.